The summed E-state index contributed by atoms with van der Waals surface area (Å²) < 4.78 is 46.4. The Morgan fingerprint density at radius 1 is 1.24 bits per heavy atom. The van der Waals surface area contributed by atoms with Crippen molar-refractivity contribution in [3.63, 3.8) is 0 Å². The second-order valence-corrected chi connectivity index (χ2v) is 7.93. The fourth-order valence-electron chi connectivity index (χ4n) is 4.39. The molecule has 170 valence electrons. The lowest BCUT2D eigenvalue weighted by Crippen LogP contribution is -2.35. The smallest absolute Gasteiger partial charge is 0.416 e. The van der Waals surface area contributed by atoms with Crippen LogP contribution in [0, 0.1) is 0 Å². The molecule has 0 spiro atoms. The number of ether oxygens (including phenoxy) is 1. The van der Waals surface area contributed by atoms with Crippen LogP contribution < -0.4 is 10.5 Å². The summed E-state index contributed by atoms with van der Waals surface area (Å²) in [5, 5.41) is 5.68. The highest BCUT2D eigenvalue weighted by Gasteiger charge is 2.36. The Labute approximate surface area is 186 Å². The number of pyridine rings is 1. The maximum absolute atomic E-state index is 13.5. The minimum absolute atomic E-state index is 0.0911. The molecule has 1 aliphatic heterocycles. The van der Waals surface area contributed by atoms with Crippen LogP contribution in [-0.2, 0) is 13.2 Å². The van der Waals surface area contributed by atoms with Gasteiger partial charge >= 0.3 is 6.18 Å². The molecule has 2 N–H and O–H groups in total. The van der Waals surface area contributed by atoms with Gasteiger partial charge in [0.2, 0.25) is 0 Å². The Morgan fingerprint density at radius 2 is 2.03 bits per heavy atom. The van der Waals surface area contributed by atoms with Crippen molar-refractivity contribution in [3.05, 3.63) is 59.3 Å². The van der Waals surface area contributed by atoms with Gasteiger partial charge in [-0.3, -0.25) is 9.48 Å². The van der Waals surface area contributed by atoms with Crippen LogP contribution in [-0.4, -0.2) is 38.7 Å². The van der Waals surface area contributed by atoms with Crippen LogP contribution in [0.2, 0.25) is 0 Å². The van der Waals surface area contributed by atoms with E-state index in [1.165, 1.54) is 6.07 Å². The van der Waals surface area contributed by atoms with Crippen LogP contribution in [0.4, 0.5) is 19.0 Å². The van der Waals surface area contributed by atoms with Crippen molar-refractivity contribution in [1.29, 1.82) is 0 Å². The highest BCUT2D eigenvalue weighted by Crippen LogP contribution is 2.41. The van der Waals surface area contributed by atoms with E-state index in [1.54, 1.807) is 41.0 Å². The first-order chi connectivity index (χ1) is 15.7. The third-order valence-corrected chi connectivity index (χ3v) is 6.03. The molecule has 0 fully saturated rings. The standard InChI is InChI=1S/C23H20F3N5O2/c1-3-31(18-11-33-19-9-13(23(24,25)26)5-6-14(18)19)22(32)12-4-7-17-15(8-12)20-16(21(27)29-17)10-28-30(20)2/h4-10,18H,3,11H2,1-2H3,(H2,27,29)/t18-/m0/s1. The first-order valence-corrected chi connectivity index (χ1v) is 10.3. The molecule has 2 aromatic carbocycles. The minimum atomic E-state index is -4.46. The fraction of sp³-hybridized carbons (Fsp3) is 0.261. The van der Waals surface area contributed by atoms with Gasteiger partial charge in [0.05, 0.1) is 34.2 Å². The summed E-state index contributed by atoms with van der Waals surface area (Å²) in [4.78, 5) is 19.5. The number of aryl methyl sites for hydroxylation is 1. The summed E-state index contributed by atoms with van der Waals surface area (Å²) in [6, 6.07) is 8.05. The van der Waals surface area contributed by atoms with E-state index >= 15 is 0 Å². The van der Waals surface area contributed by atoms with E-state index < -0.39 is 17.8 Å². The molecule has 5 rings (SSSR count). The van der Waals surface area contributed by atoms with E-state index in [0.29, 0.717) is 34.4 Å². The molecule has 0 bridgehead atoms. The topological polar surface area (TPSA) is 86.3 Å². The highest BCUT2D eigenvalue weighted by molar-refractivity contribution is 6.10. The van der Waals surface area contributed by atoms with Crippen LogP contribution in [0.1, 0.15) is 34.5 Å². The summed E-state index contributed by atoms with van der Waals surface area (Å²) in [6.45, 7) is 2.27. The Balaban J connectivity index is 1.54. The van der Waals surface area contributed by atoms with E-state index in [2.05, 4.69) is 10.1 Å². The highest BCUT2D eigenvalue weighted by atomic mass is 19.4. The molecule has 0 unspecified atom stereocenters. The summed E-state index contributed by atoms with van der Waals surface area (Å²) >= 11 is 0. The van der Waals surface area contributed by atoms with Crippen LogP contribution in [0.25, 0.3) is 21.8 Å². The van der Waals surface area contributed by atoms with E-state index in [4.69, 9.17) is 10.5 Å². The van der Waals surface area contributed by atoms with Gasteiger partial charge in [0.1, 0.15) is 18.2 Å². The molecule has 3 heterocycles. The number of fused-ring (bicyclic) bond motifs is 4. The lowest BCUT2D eigenvalue weighted by atomic mass is 10.0. The summed E-state index contributed by atoms with van der Waals surface area (Å²) in [5.74, 6) is 0.251. The molecule has 0 saturated carbocycles. The van der Waals surface area contributed by atoms with Gasteiger partial charge in [-0.1, -0.05) is 6.07 Å². The second kappa shape index (κ2) is 7.36. The van der Waals surface area contributed by atoms with E-state index in [1.807, 2.05) is 6.92 Å². The van der Waals surface area contributed by atoms with Gasteiger partial charge in [-0.05, 0) is 37.3 Å². The minimum Gasteiger partial charge on any atom is -0.491 e. The average Bonchev–Trinajstić information content (AvgIpc) is 3.38. The van der Waals surface area contributed by atoms with Crippen molar-refractivity contribution in [2.75, 3.05) is 18.9 Å². The normalized spacial score (nSPS) is 15.6. The number of benzene rings is 2. The zero-order valence-electron chi connectivity index (χ0n) is 17.8. The molecular weight excluding hydrogens is 435 g/mol. The van der Waals surface area contributed by atoms with Crippen molar-refractivity contribution in [2.45, 2.75) is 19.1 Å². The number of halogens is 3. The van der Waals surface area contributed by atoms with Gasteiger partial charge in [0.15, 0.2) is 0 Å². The zero-order chi connectivity index (χ0) is 23.5. The van der Waals surface area contributed by atoms with Crippen molar-refractivity contribution < 1.29 is 22.7 Å². The number of carbonyl (C=O) groups is 1. The number of nitrogen functional groups attached to an aromatic ring is 1. The van der Waals surface area contributed by atoms with Gasteiger partial charge in [0.25, 0.3) is 5.91 Å². The van der Waals surface area contributed by atoms with Crippen LogP contribution in [0.3, 0.4) is 0 Å². The second-order valence-electron chi connectivity index (χ2n) is 7.93. The Kier molecular flexibility index (Phi) is 4.70. The van der Waals surface area contributed by atoms with Crippen molar-refractivity contribution in [3.8, 4) is 5.75 Å². The number of likely N-dealkylation sites (N-methyl/N-ethyl adjacent to an activating group) is 1. The number of aromatic nitrogens is 3. The number of amides is 1. The van der Waals surface area contributed by atoms with Crippen molar-refractivity contribution in [1.82, 2.24) is 19.7 Å². The lowest BCUT2D eigenvalue weighted by Gasteiger charge is -2.27. The van der Waals surface area contributed by atoms with Crippen LogP contribution in [0.15, 0.2) is 42.6 Å². The number of rotatable bonds is 3. The van der Waals surface area contributed by atoms with Gasteiger partial charge in [-0.2, -0.15) is 18.3 Å². The molecule has 0 radical (unpaired) electrons. The third kappa shape index (κ3) is 3.33. The number of hydrogen-bond acceptors (Lipinski definition) is 5. The zero-order valence-corrected chi connectivity index (χ0v) is 17.8. The number of alkyl halides is 3. The molecule has 0 saturated heterocycles. The Bertz CT molecular complexity index is 1410. The number of hydrogen-bond donors (Lipinski definition) is 1. The van der Waals surface area contributed by atoms with Gasteiger partial charge in [-0.15, -0.1) is 0 Å². The van der Waals surface area contributed by atoms with Crippen LogP contribution >= 0.6 is 0 Å². The number of carbonyl (C=O) groups excluding carboxylic acids is 1. The molecule has 1 atom stereocenters. The third-order valence-electron chi connectivity index (χ3n) is 6.03. The van der Waals surface area contributed by atoms with Crippen LogP contribution in [0.5, 0.6) is 5.75 Å². The molecular formula is C23H20F3N5O2. The molecule has 1 amide bonds. The van der Waals surface area contributed by atoms with Gasteiger partial charge < -0.3 is 15.4 Å². The molecule has 2 aromatic heterocycles. The Morgan fingerprint density at radius 3 is 2.76 bits per heavy atom. The largest absolute Gasteiger partial charge is 0.491 e. The SMILES string of the molecule is CCN(C(=O)c1ccc2nc(N)c3cnn(C)c3c2c1)[C@H]1COc2cc(C(F)(F)F)ccc21. The quantitative estimate of drug-likeness (QED) is 0.497. The van der Waals surface area contributed by atoms with Crippen molar-refractivity contribution in [2.24, 2.45) is 7.05 Å². The summed E-state index contributed by atoms with van der Waals surface area (Å²) in [7, 11) is 1.79. The van der Waals surface area contributed by atoms with E-state index in [-0.39, 0.29) is 18.3 Å². The summed E-state index contributed by atoms with van der Waals surface area (Å²) in [6.07, 6.45) is -2.83. The number of anilines is 1. The molecule has 10 heteroatoms. The fourth-order valence-corrected chi connectivity index (χ4v) is 4.39. The summed E-state index contributed by atoms with van der Waals surface area (Å²) in [5.41, 5.74) is 7.66. The number of nitrogens with zero attached hydrogens (tertiary/aromatic N) is 4. The van der Waals surface area contributed by atoms with Crippen molar-refractivity contribution >= 4 is 33.5 Å². The van der Waals surface area contributed by atoms with E-state index in [9.17, 15) is 18.0 Å². The number of nitrogens with two attached hydrogens (primary N) is 1. The lowest BCUT2D eigenvalue weighted by molar-refractivity contribution is -0.137. The maximum atomic E-state index is 13.5. The monoisotopic (exact) mass is 455 g/mol. The molecule has 7 nitrogen and oxygen atoms in total. The first-order valence-electron chi connectivity index (χ1n) is 10.3. The Hall–Kier alpha value is -3.82. The predicted molar refractivity (Wildman–Crippen MR) is 117 cm³/mol. The molecule has 0 aliphatic carbocycles. The van der Waals surface area contributed by atoms with E-state index in [0.717, 1.165) is 23.0 Å². The maximum Gasteiger partial charge on any atom is 0.416 e. The van der Waals surface area contributed by atoms with Gasteiger partial charge in [-0.25, -0.2) is 4.98 Å². The molecule has 1 aliphatic rings. The van der Waals surface area contributed by atoms with Gasteiger partial charge in [0, 0.05) is 30.1 Å². The predicted octanol–water partition coefficient (Wildman–Crippen LogP) is 4.32. The average molecular weight is 455 g/mol. The first kappa shape index (κ1) is 21.0. The molecule has 4 aromatic rings. The molecule has 33 heavy (non-hydrogen) atoms.